The van der Waals surface area contributed by atoms with Crippen LogP contribution in [0.3, 0.4) is 0 Å². The number of likely N-dealkylation sites (tertiary alicyclic amines) is 1. The summed E-state index contributed by atoms with van der Waals surface area (Å²) in [6, 6.07) is 6.61. The molecule has 2 rings (SSSR count). The summed E-state index contributed by atoms with van der Waals surface area (Å²) in [5.74, 6) is -0.986. The highest BCUT2D eigenvalue weighted by Gasteiger charge is 2.23. The van der Waals surface area contributed by atoms with Crippen LogP contribution in [0.15, 0.2) is 24.3 Å². The second-order valence-electron chi connectivity index (χ2n) is 5.12. The molecule has 0 aromatic heterocycles. The van der Waals surface area contributed by atoms with E-state index in [1.165, 1.54) is 0 Å². The fourth-order valence-corrected chi connectivity index (χ4v) is 2.39. The third-order valence-electron chi connectivity index (χ3n) is 3.59. The first-order valence-electron chi connectivity index (χ1n) is 7.02. The van der Waals surface area contributed by atoms with Crippen LogP contribution in [0.1, 0.15) is 28.8 Å². The number of aromatic carboxylic acids is 1. The zero-order valence-corrected chi connectivity index (χ0v) is 11.8. The van der Waals surface area contributed by atoms with E-state index >= 15 is 0 Å². The van der Waals surface area contributed by atoms with Crippen molar-refractivity contribution < 1.29 is 19.4 Å². The molecule has 6 heteroatoms. The molecule has 1 saturated heterocycles. The summed E-state index contributed by atoms with van der Waals surface area (Å²) >= 11 is 0. The zero-order chi connectivity index (χ0) is 15.2. The third kappa shape index (κ3) is 4.27. The lowest BCUT2D eigenvalue weighted by atomic mass is 10.1. The second kappa shape index (κ2) is 7.19. The molecule has 1 unspecified atom stereocenters. The molecular formula is C15H20N2O4. The van der Waals surface area contributed by atoms with E-state index in [1.807, 2.05) is 0 Å². The summed E-state index contributed by atoms with van der Waals surface area (Å²) in [6.45, 7) is 1.75. The maximum absolute atomic E-state index is 11.6. The Labute approximate surface area is 123 Å². The SMILES string of the molecule is NCC(=O)N1CCCC(OCc2ccc(C(=O)O)cc2)C1. The molecule has 1 fully saturated rings. The summed E-state index contributed by atoms with van der Waals surface area (Å²) in [4.78, 5) is 24.1. The lowest BCUT2D eigenvalue weighted by Crippen LogP contribution is -2.45. The van der Waals surface area contributed by atoms with Crippen molar-refractivity contribution in [2.45, 2.75) is 25.6 Å². The van der Waals surface area contributed by atoms with Gasteiger partial charge in [-0.15, -0.1) is 0 Å². The molecular weight excluding hydrogens is 272 g/mol. The number of carboxylic acid groups (broad SMARTS) is 1. The van der Waals surface area contributed by atoms with E-state index < -0.39 is 5.97 Å². The maximum atomic E-state index is 11.6. The number of hydrogen-bond acceptors (Lipinski definition) is 4. The summed E-state index contributed by atoms with van der Waals surface area (Å²) in [5.41, 5.74) is 6.55. The molecule has 1 aliphatic rings. The van der Waals surface area contributed by atoms with Crippen molar-refractivity contribution in [1.29, 1.82) is 0 Å². The number of nitrogens with two attached hydrogens (primary N) is 1. The van der Waals surface area contributed by atoms with Gasteiger partial charge in [0.2, 0.25) is 5.91 Å². The molecule has 0 bridgehead atoms. The van der Waals surface area contributed by atoms with Gasteiger partial charge in [-0.1, -0.05) is 12.1 Å². The van der Waals surface area contributed by atoms with Crippen LogP contribution in [-0.2, 0) is 16.1 Å². The quantitative estimate of drug-likeness (QED) is 0.839. The molecule has 114 valence electrons. The predicted octanol–water partition coefficient (Wildman–Crippen LogP) is 0.851. The average molecular weight is 292 g/mol. The van der Waals surface area contributed by atoms with Gasteiger partial charge in [0.15, 0.2) is 0 Å². The molecule has 0 aliphatic carbocycles. The van der Waals surface area contributed by atoms with Gasteiger partial charge in [-0.25, -0.2) is 4.79 Å². The summed E-state index contributed by atoms with van der Waals surface area (Å²) in [5, 5.41) is 8.84. The van der Waals surface area contributed by atoms with Crippen LogP contribution in [-0.4, -0.2) is 47.6 Å². The van der Waals surface area contributed by atoms with Gasteiger partial charge < -0.3 is 20.5 Å². The van der Waals surface area contributed by atoms with Crippen molar-refractivity contribution in [2.24, 2.45) is 5.73 Å². The number of rotatable bonds is 5. The van der Waals surface area contributed by atoms with Crippen LogP contribution < -0.4 is 5.73 Å². The van der Waals surface area contributed by atoms with E-state index in [2.05, 4.69) is 0 Å². The van der Waals surface area contributed by atoms with E-state index in [9.17, 15) is 9.59 Å². The highest BCUT2D eigenvalue weighted by Crippen LogP contribution is 2.15. The van der Waals surface area contributed by atoms with Crippen LogP contribution in [0, 0.1) is 0 Å². The number of ether oxygens (including phenoxy) is 1. The molecule has 0 radical (unpaired) electrons. The van der Waals surface area contributed by atoms with Crippen LogP contribution >= 0.6 is 0 Å². The van der Waals surface area contributed by atoms with Gasteiger partial charge in [-0.3, -0.25) is 4.79 Å². The summed E-state index contributed by atoms with van der Waals surface area (Å²) in [7, 11) is 0. The first-order valence-corrected chi connectivity index (χ1v) is 7.02. The van der Waals surface area contributed by atoms with Crippen molar-refractivity contribution in [3.05, 3.63) is 35.4 Å². The number of carbonyl (C=O) groups is 2. The number of carbonyl (C=O) groups excluding carboxylic acids is 1. The molecule has 21 heavy (non-hydrogen) atoms. The fourth-order valence-electron chi connectivity index (χ4n) is 2.39. The Morgan fingerprint density at radius 3 is 2.67 bits per heavy atom. The topological polar surface area (TPSA) is 92.9 Å². The van der Waals surface area contributed by atoms with Crippen molar-refractivity contribution in [3.8, 4) is 0 Å². The standard InChI is InChI=1S/C15H20N2O4/c16-8-14(18)17-7-1-2-13(9-17)21-10-11-3-5-12(6-4-11)15(19)20/h3-6,13H,1-2,7-10,16H2,(H,19,20). The van der Waals surface area contributed by atoms with Crippen molar-refractivity contribution in [2.75, 3.05) is 19.6 Å². The lowest BCUT2D eigenvalue weighted by molar-refractivity contribution is -0.134. The Balaban J connectivity index is 1.84. The lowest BCUT2D eigenvalue weighted by Gasteiger charge is -2.32. The number of carboxylic acids is 1. The van der Waals surface area contributed by atoms with Crippen molar-refractivity contribution >= 4 is 11.9 Å². The van der Waals surface area contributed by atoms with Gasteiger partial charge in [0.25, 0.3) is 0 Å². The van der Waals surface area contributed by atoms with Crippen LogP contribution in [0.2, 0.25) is 0 Å². The maximum Gasteiger partial charge on any atom is 0.335 e. The Hall–Kier alpha value is -1.92. The number of amides is 1. The van der Waals surface area contributed by atoms with Gasteiger partial charge in [0.1, 0.15) is 0 Å². The van der Waals surface area contributed by atoms with Crippen molar-refractivity contribution in [1.82, 2.24) is 4.90 Å². The average Bonchev–Trinajstić information content (AvgIpc) is 2.52. The summed E-state index contributed by atoms with van der Waals surface area (Å²) in [6.07, 6.45) is 1.84. The first kappa shape index (κ1) is 15.5. The molecule has 1 aromatic carbocycles. The third-order valence-corrected chi connectivity index (χ3v) is 3.59. The van der Waals surface area contributed by atoms with Crippen LogP contribution in [0.5, 0.6) is 0 Å². The molecule has 0 spiro atoms. The Morgan fingerprint density at radius 2 is 2.05 bits per heavy atom. The summed E-state index contributed by atoms with van der Waals surface area (Å²) < 4.78 is 5.81. The minimum atomic E-state index is -0.939. The van der Waals surface area contributed by atoms with Gasteiger partial charge in [0, 0.05) is 13.1 Å². The van der Waals surface area contributed by atoms with Crippen LogP contribution in [0.25, 0.3) is 0 Å². The van der Waals surface area contributed by atoms with E-state index in [4.69, 9.17) is 15.6 Å². The molecule has 3 N–H and O–H groups in total. The Kier molecular flexibility index (Phi) is 5.30. The predicted molar refractivity (Wildman–Crippen MR) is 76.8 cm³/mol. The number of nitrogens with zero attached hydrogens (tertiary/aromatic N) is 1. The zero-order valence-electron chi connectivity index (χ0n) is 11.8. The van der Waals surface area contributed by atoms with Gasteiger partial charge >= 0.3 is 5.97 Å². The van der Waals surface area contributed by atoms with Crippen LogP contribution in [0.4, 0.5) is 0 Å². The van der Waals surface area contributed by atoms with E-state index in [0.29, 0.717) is 13.2 Å². The number of piperidine rings is 1. The van der Waals surface area contributed by atoms with E-state index in [1.54, 1.807) is 29.2 Å². The second-order valence-corrected chi connectivity index (χ2v) is 5.12. The molecule has 6 nitrogen and oxygen atoms in total. The van der Waals surface area contributed by atoms with Gasteiger partial charge in [-0.05, 0) is 30.5 Å². The smallest absolute Gasteiger partial charge is 0.335 e. The molecule has 1 heterocycles. The number of benzene rings is 1. The van der Waals surface area contributed by atoms with E-state index in [-0.39, 0.29) is 24.1 Å². The van der Waals surface area contributed by atoms with Crippen molar-refractivity contribution in [3.63, 3.8) is 0 Å². The monoisotopic (exact) mass is 292 g/mol. The normalized spacial score (nSPS) is 18.5. The molecule has 1 atom stereocenters. The highest BCUT2D eigenvalue weighted by atomic mass is 16.5. The molecule has 1 aliphatic heterocycles. The minimum absolute atomic E-state index is 0.00778. The largest absolute Gasteiger partial charge is 0.478 e. The molecule has 0 saturated carbocycles. The Bertz CT molecular complexity index is 501. The van der Waals surface area contributed by atoms with Gasteiger partial charge in [-0.2, -0.15) is 0 Å². The van der Waals surface area contributed by atoms with E-state index in [0.717, 1.165) is 24.9 Å². The minimum Gasteiger partial charge on any atom is -0.478 e. The number of hydrogen-bond donors (Lipinski definition) is 2. The van der Waals surface area contributed by atoms with Gasteiger partial charge in [0.05, 0.1) is 24.8 Å². The molecule has 1 amide bonds. The highest BCUT2D eigenvalue weighted by molar-refractivity contribution is 5.87. The molecule has 1 aromatic rings. The fraction of sp³-hybridized carbons (Fsp3) is 0.467. The first-order chi connectivity index (χ1) is 10.1. The Morgan fingerprint density at radius 1 is 1.33 bits per heavy atom.